The van der Waals surface area contributed by atoms with Gasteiger partial charge in [0.15, 0.2) is 0 Å². The van der Waals surface area contributed by atoms with E-state index < -0.39 is 0 Å². The molecule has 0 aliphatic rings. The molecule has 0 aliphatic carbocycles. The molecular weight excluding hydrogens is 224 g/mol. The van der Waals surface area contributed by atoms with Gasteiger partial charge in [-0.3, -0.25) is 0 Å². The number of likely N-dealkylation sites (N-methyl/N-ethyl adjacent to an activating group) is 1. The first kappa shape index (κ1) is 15.0. The molecule has 0 aromatic heterocycles. The Labute approximate surface area is 111 Å². The minimum Gasteiger partial charge on any atom is -0.494 e. The molecule has 18 heavy (non-hydrogen) atoms. The lowest BCUT2D eigenvalue weighted by atomic mass is 10.2. The molecule has 3 heteroatoms. The predicted molar refractivity (Wildman–Crippen MR) is 77.1 cm³/mol. The van der Waals surface area contributed by atoms with Crippen molar-refractivity contribution in [1.82, 2.24) is 10.2 Å². The normalized spacial score (nSPS) is 10.9. The molecule has 0 saturated heterocycles. The van der Waals surface area contributed by atoms with E-state index >= 15 is 0 Å². The first-order valence-electron chi connectivity index (χ1n) is 6.94. The van der Waals surface area contributed by atoms with Crippen LogP contribution in [0.1, 0.15) is 26.3 Å². The van der Waals surface area contributed by atoms with Crippen LogP contribution in [0.2, 0.25) is 0 Å². The van der Waals surface area contributed by atoms with E-state index in [1.807, 2.05) is 19.1 Å². The Kier molecular flexibility index (Phi) is 7.46. The SMILES string of the molecule is CCOc1cccc(CNCCN(CC)CC)c1. The van der Waals surface area contributed by atoms with E-state index in [1.165, 1.54) is 5.56 Å². The van der Waals surface area contributed by atoms with Gasteiger partial charge in [0, 0.05) is 19.6 Å². The Morgan fingerprint density at radius 2 is 1.94 bits per heavy atom. The van der Waals surface area contributed by atoms with E-state index in [2.05, 4.69) is 36.2 Å². The molecule has 0 fully saturated rings. The van der Waals surface area contributed by atoms with E-state index in [-0.39, 0.29) is 0 Å². The van der Waals surface area contributed by atoms with Gasteiger partial charge in [0.05, 0.1) is 6.61 Å². The number of nitrogens with one attached hydrogen (secondary N) is 1. The van der Waals surface area contributed by atoms with Gasteiger partial charge in [-0.2, -0.15) is 0 Å². The zero-order valence-corrected chi connectivity index (χ0v) is 11.9. The second-order valence-electron chi connectivity index (χ2n) is 4.28. The summed E-state index contributed by atoms with van der Waals surface area (Å²) >= 11 is 0. The zero-order chi connectivity index (χ0) is 13.2. The molecule has 1 aromatic carbocycles. The number of rotatable bonds is 9. The second-order valence-corrected chi connectivity index (χ2v) is 4.28. The molecule has 102 valence electrons. The van der Waals surface area contributed by atoms with Crippen LogP contribution in [0, 0.1) is 0 Å². The highest BCUT2D eigenvalue weighted by Gasteiger charge is 1.99. The van der Waals surface area contributed by atoms with Crippen molar-refractivity contribution in [2.75, 3.05) is 32.8 Å². The number of hydrogen-bond acceptors (Lipinski definition) is 3. The number of benzene rings is 1. The molecule has 0 aliphatic heterocycles. The molecule has 1 N–H and O–H groups in total. The van der Waals surface area contributed by atoms with Crippen molar-refractivity contribution in [3.05, 3.63) is 29.8 Å². The van der Waals surface area contributed by atoms with Crippen molar-refractivity contribution < 1.29 is 4.74 Å². The van der Waals surface area contributed by atoms with Crippen LogP contribution >= 0.6 is 0 Å². The summed E-state index contributed by atoms with van der Waals surface area (Å²) in [5.41, 5.74) is 1.28. The summed E-state index contributed by atoms with van der Waals surface area (Å²) in [4.78, 5) is 2.42. The van der Waals surface area contributed by atoms with Gasteiger partial charge in [0.2, 0.25) is 0 Å². The van der Waals surface area contributed by atoms with Crippen LogP contribution in [0.3, 0.4) is 0 Å². The Morgan fingerprint density at radius 3 is 2.61 bits per heavy atom. The van der Waals surface area contributed by atoms with Gasteiger partial charge in [-0.25, -0.2) is 0 Å². The summed E-state index contributed by atoms with van der Waals surface area (Å²) in [5, 5.41) is 3.47. The highest BCUT2D eigenvalue weighted by atomic mass is 16.5. The van der Waals surface area contributed by atoms with Crippen molar-refractivity contribution in [3.63, 3.8) is 0 Å². The summed E-state index contributed by atoms with van der Waals surface area (Å²) in [6.45, 7) is 12.4. The van der Waals surface area contributed by atoms with E-state index in [0.717, 1.165) is 45.1 Å². The maximum atomic E-state index is 5.49. The van der Waals surface area contributed by atoms with E-state index in [4.69, 9.17) is 4.74 Å². The molecule has 1 rings (SSSR count). The fourth-order valence-corrected chi connectivity index (χ4v) is 1.92. The molecule has 0 amide bonds. The smallest absolute Gasteiger partial charge is 0.119 e. The monoisotopic (exact) mass is 250 g/mol. The molecule has 0 heterocycles. The van der Waals surface area contributed by atoms with Gasteiger partial charge in [-0.05, 0) is 37.7 Å². The lowest BCUT2D eigenvalue weighted by Gasteiger charge is -2.18. The van der Waals surface area contributed by atoms with Crippen LogP contribution in [0.4, 0.5) is 0 Å². The molecule has 3 nitrogen and oxygen atoms in total. The van der Waals surface area contributed by atoms with Crippen LogP contribution in [0.5, 0.6) is 5.75 Å². The summed E-state index contributed by atoms with van der Waals surface area (Å²) in [7, 11) is 0. The standard InChI is InChI=1S/C15H26N2O/c1-4-17(5-2)11-10-16-13-14-8-7-9-15(12-14)18-6-3/h7-9,12,16H,4-6,10-11,13H2,1-3H3. The third-order valence-electron chi connectivity index (χ3n) is 3.04. The highest BCUT2D eigenvalue weighted by molar-refractivity contribution is 5.28. The number of nitrogens with zero attached hydrogens (tertiary/aromatic N) is 1. The van der Waals surface area contributed by atoms with Crippen molar-refractivity contribution in [2.24, 2.45) is 0 Å². The topological polar surface area (TPSA) is 24.5 Å². The first-order chi connectivity index (χ1) is 8.80. The minimum atomic E-state index is 0.721. The van der Waals surface area contributed by atoms with Crippen LogP contribution in [0.25, 0.3) is 0 Å². The second kappa shape index (κ2) is 8.95. The fourth-order valence-electron chi connectivity index (χ4n) is 1.92. The van der Waals surface area contributed by atoms with Crippen LogP contribution in [-0.2, 0) is 6.54 Å². The summed E-state index contributed by atoms with van der Waals surface area (Å²) in [5.74, 6) is 0.959. The van der Waals surface area contributed by atoms with E-state index in [9.17, 15) is 0 Å². The third kappa shape index (κ3) is 5.52. The van der Waals surface area contributed by atoms with Crippen LogP contribution in [0.15, 0.2) is 24.3 Å². The molecule has 0 radical (unpaired) electrons. The Hall–Kier alpha value is -1.06. The largest absolute Gasteiger partial charge is 0.494 e. The van der Waals surface area contributed by atoms with Gasteiger partial charge in [-0.15, -0.1) is 0 Å². The lowest BCUT2D eigenvalue weighted by molar-refractivity contribution is 0.302. The lowest BCUT2D eigenvalue weighted by Crippen LogP contribution is -2.31. The van der Waals surface area contributed by atoms with E-state index in [1.54, 1.807) is 0 Å². The highest BCUT2D eigenvalue weighted by Crippen LogP contribution is 2.12. The molecule has 1 aromatic rings. The Bertz CT molecular complexity index is 324. The summed E-state index contributed by atoms with van der Waals surface area (Å²) in [6.07, 6.45) is 0. The fraction of sp³-hybridized carbons (Fsp3) is 0.600. The maximum absolute atomic E-state index is 5.49. The molecule has 0 bridgehead atoms. The quantitative estimate of drug-likeness (QED) is 0.682. The molecule has 0 unspecified atom stereocenters. The Balaban J connectivity index is 2.28. The molecule has 0 atom stereocenters. The van der Waals surface area contributed by atoms with E-state index in [0.29, 0.717) is 0 Å². The number of hydrogen-bond donors (Lipinski definition) is 1. The third-order valence-corrected chi connectivity index (χ3v) is 3.04. The van der Waals surface area contributed by atoms with Gasteiger partial charge >= 0.3 is 0 Å². The van der Waals surface area contributed by atoms with Crippen molar-refractivity contribution in [1.29, 1.82) is 0 Å². The van der Waals surface area contributed by atoms with Crippen molar-refractivity contribution >= 4 is 0 Å². The average molecular weight is 250 g/mol. The van der Waals surface area contributed by atoms with Gasteiger partial charge in [0.25, 0.3) is 0 Å². The van der Waals surface area contributed by atoms with Crippen molar-refractivity contribution in [3.8, 4) is 5.75 Å². The van der Waals surface area contributed by atoms with Crippen molar-refractivity contribution in [2.45, 2.75) is 27.3 Å². The van der Waals surface area contributed by atoms with Crippen LogP contribution in [-0.4, -0.2) is 37.7 Å². The zero-order valence-electron chi connectivity index (χ0n) is 11.9. The van der Waals surface area contributed by atoms with Crippen LogP contribution < -0.4 is 10.1 Å². The molecular formula is C15H26N2O. The first-order valence-corrected chi connectivity index (χ1v) is 6.94. The maximum Gasteiger partial charge on any atom is 0.119 e. The van der Waals surface area contributed by atoms with Gasteiger partial charge < -0.3 is 15.0 Å². The average Bonchev–Trinajstić information content (AvgIpc) is 2.40. The summed E-state index contributed by atoms with van der Waals surface area (Å²) < 4.78 is 5.49. The van der Waals surface area contributed by atoms with Gasteiger partial charge in [-0.1, -0.05) is 26.0 Å². The minimum absolute atomic E-state index is 0.721. The van der Waals surface area contributed by atoms with Gasteiger partial charge in [0.1, 0.15) is 5.75 Å². The summed E-state index contributed by atoms with van der Waals surface area (Å²) in [6, 6.07) is 8.29. The molecule has 0 saturated carbocycles. The molecule has 0 spiro atoms. The Morgan fingerprint density at radius 1 is 1.17 bits per heavy atom. The predicted octanol–water partition coefficient (Wildman–Crippen LogP) is 2.52. The number of ether oxygens (including phenoxy) is 1.